The number of nitrogens with one attached hydrogen (secondary N) is 1. The number of aryl methyl sites for hydroxylation is 1. The number of hydrogen-bond acceptors (Lipinski definition) is 4. The highest BCUT2D eigenvalue weighted by Gasteiger charge is 2.04. The summed E-state index contributed by atoms with van der Waals surface area (Å²) in [5, 5.41) is 12.2. The summed E-state index contributed by atoms with van der Waals surface area (Å²) in [5.74, 6) is 0.0199. The number of sulfonamides is 1. The maximum Gasteiger partial charge on any atom is 0.209 e. The van der Waals surface area contributed by atoms with Crippen LogP contribution in [0.1, 0.15) is 17.7 Å². The first-order valence-corrected chi connectivity index (χ1v) is 6.80. The van der Waals surface area contributed by atoms with E-state index in [-0.39, 0.29) is 5.75 Å². The largest absolute Gasteiger partial charge is 0.313 e. The quantitative estimate of drug-likeness (QED) is 0.662. The molecule has 1 rings (SSSR count). The Labute approximate surface area is 95.9 Å². The van der Waals surface area contributed by atoms with E-state index in [1.165, 1.54) is 0 Å². The number of nitrogens with two attached hydrogens (primary N) is 1. The molecule has 0 radical (unpaired) electrons. The van der Waals surface area contributed by atoms with Crippen LogP contribution < -0.4 is 10.5 Å². The Morgan fingerprint density at radius 2 is 2.25 bits per heavy atom. The predicted molar refractivity (Wildman–Crippen MR) is 62.2 cm³/mol. The topological polar surface area (TPSA) is 90.0 Å². The minimum absolute atomic E-state index is 0.0199. The van der Waals surface area contributed by atoms with Crippen molar-refractivity contribution in [1.29, 1.82) is 0 Å². The third-order valence-electron chi connectivity index (χ3n) is 2.43. The monoisotopic (exact) mass is 246 g/mol. The summed E-state index contributed by atoms with van der Waals surface area (Å²) in [6, 6.07) is 0. The molecule has 16 heavy (non-hydrogen) atoms. The molecule has 0 fully saturated rings. The lowest BCUT2D eigenvalue weighted by Crippen LogP contribution is -2.22. The number of aromatic nitrogens is 2. The van der Waals surface area contributed by atoms with Crippen molar-refractivity contribution in [3.8, 4) is 0 Å². The van der Waals surface area contributed by atoms with Crippen molar-refractivity contribution in [2.24, 2.45) is 12.2 Å². The van der Waals surface area contributed by atoms with Crippen LogP contribution in [0, 0.1) is 6.92 Å². The first kappa shape index (κ1) is 13.1. The van der Waals surface area contributed by atoms with Gasteiger partial charge in [-0.05, 0) is 19.9 Å². The lowest BCUT2D eigenvalue weighted by molar-refractivity contribution is 0.590. The Balaban J connectivity index is 2.24. The van der Waals surface area contributed by atoms with E-state index in [0.29, 0.717) is 19.5 Å². The van der Waals surface area contributed by atoms with Crippen LogP contribution in [-0.4, -0.2) is 30.5 Å². The van der Waals surface area contributed by atoms with Gasteiger partial charge in [0.2, 0.25) is 10.0 Å². The van der Waals surface area contributed by atoms with Crippen molar-refractivity contribution in [2.75, 3.05) is 12.3 Å². The third-order valence-corrected chi connectivity index (χ3v) is 3.29. The van der Waals surface area contributed by atoms with Crippen LogP contribution >= 0.6 is 0 Å². The van der Waals surface area contributed by atoms with Gasteiger partial charge < -0.3 is 5.32 Å². The number of rotatable bonds is 6. The Bertz CT molecular complexity index is 438. The summed E-state index contributed by atoms with van der Waals surface area (Å²) in [5.41, 5.74) is 2.23. The molecule has 1 heterocycles. The highest BCUT2D eigenvalue weighted by Crippen LogP contribution is 2.04. The molecule has 0 aliphatic rings. The minimum atomic E-state index is -3.33. The first-order valence-electron chi connectivity index (χ1n) is 5.09. The normalized spacial score (nSPS) is 11.9. The summed E-state index contributed by atoms with van der Waals surface area (Å²) >= 11 is 0. The van der Waals surface area contributed by atoms with Crippen molar-refractivity contribution >= 4 is 10.0 Å². The molecule has 0 bridgehead atoms. The molecule has 0 unspecified atom stereocenters. The molecule has 0 atom stereocenters. The molecule has 1 aromatic rings. The van der Waals surface area contributed by atoms with Crippen LogP contribution in [0.15, 0.2) is 6.20 Å². The number of nitrogens with zero attached hydrogens (tertiary/aromatic N) is 2. The first-order chi connectivity index (χ1) is 7.40. The molecule has 3 N–H and O–H groups in total. The number of hydrogen-bond donors (Lipinski definition) is 2. The average Bonchev–Trinajstić information content (AvgIpc) is 2.47. The van der Waals surface area contributed by atoms with Crippen LogP contribution in [0.5, 0.6) is 0 Å². The fourth-order valence-corrected chi connectivity index (χ4v) is 1.89. The van der Waals surface area contributed by atoms with Gasteiger partial charge in [0, 0.05) is 24.8 Å². The molecule has 7 heteroatoms. The zero-order valence-electron chi connectivity index (χ0n) is 9.60. The fourth-order valence-electron chi connectivity index (χ4n) is 1.34. The zero-order valence-corrected chi connectivity index (χ0v) is 10.4. The molecular weight excluding hydrogens is 228 g/mol. The molecule has 1 aromatic heterocycles. The van der Waals surface area contributed by atoms with Crippen LogP contribution in [0.4, 0.5) is 0 Å². The van der Waals surface area contributed by atoms with Gasteiger partial charge in [-0.3, -0.25) is 4.68 Å². The smallest absolute Gasteiger partial charge is 0.209 e. The maximum atomic E-state index is 10.7. The molecule has 0 saturated heterocycles. The molecule has 0 saturated carbocycles. The second kappa shape index (κ2) is 5.42. The van der Waals surface area contributed by atoms with E-state index in [0.717, 1.165) is 11.3 Å². The van der Waals surface area contributed by atoms with E-state index < -0.39 is 10.0 Å². The Morgan fingerprint density at radius 1 is 1.56 bits per heavy atom. The number of primary sulfonamides is 1. The van der Waals surface area contributed by atoms with Gasteiger partial charge in [-0.1, -0.05) is 0 Å². The average molecular weight is 246 g/mol. The van der Waals surface area contributed by atoms with Crippen LogP contribution in [0.2, 0.25) is 0 Å². The third kappa shape index (κ3) is 4.30. The highest BCUT2D eigenvalue weighted by molar-refractivity contribution is 7.89. The van der Waals surface area contributed by atoms with Crippen LogP contribution in [0.25, 0.3) is 0 Å². The van der Waals surface area contributed by atoms with E-state index in [2.05, 4.69) is 10.4 Å². The van der Waals surface area contributed by atoms with Gasteiger partial charge in [0.15, 0.2) is 0 Å². The van der Waals surface area contributed by atoms with Gasteiger partial charge >= 0.3 is 0 Å². The molecule has 0 aliphatic heterocycles. The van der Waals surface area contributed by atoms with Gasteiger partial charge in [0.05, 0.1) is 11.9 Å². The van der Waals surface area contributed by atoms with Crippen molar-refractivity contribution in [1.82, 2.24) is 15.1 Å². The van der Waals surface area contributed by atoms with Crippen molar-refractivity contribution in [3.63, 3.8) is 0 Å². The van der Waals surface area contributed by atoms with E-state index in [1.807, 2.05) is 20.2 Å². The van der Waals surface area contributed by atoms with Crippen LogP contribution in [-0.2, 0) is 23.6 Å². The van der Waals surface area contributed by atoms with Gasteiger partial charge in [0.1, 0.15) is 0 Å². The molecule has 0 amide bonds. The molecule has 0 spiro atoms. The Morgan fingerprint density at radius 3 is 2.75 bits per heavy atom. The Hall–Kier alpha value is -0.920. The fraction of sp³-hybridized carbons (Fsp3) is 0.667. The van der Waals surface area contributed by atoms with Gasteiger partial charge in [-0.15, -0.1) is 0 Å². The molecule has 6 nitrogen and oxygen atoms in total. The lowest BCUT2D eigenvalue weighted by atomic mass is 10.2. The molecule has 92 valence electrons. The van der Waals surface area contributed by atoms with Crippen LogP contribution in [0.3, 0.4) is 0 Å². The second-order valence-corrected chi connectivity index (χ2v) is 5.51. The van der Waals surface area contributed by atoms with Gasteiger partial charge in [-0.2, -0.15) is 5.10 Å². The van der Waals surface area contributed by atoms with Crippen molar-refractivity contribution in [3.05, 3.63) is 17.5 Å². The van der Waals surface area contributed by atoms with Crippen molar-refractivity contribution < 1.29 is 8.42 Å². The summed E-state index contributed by atoms with van der Waals surface area (Å²) in [4.78, 5) is 0. The van der Waals surface area contributed by atoms with E-state index in [9.17, 15) is 8.42 Å². The van der Waals surface area contributed by atoms with Gasteiger partial charge in [0.25, 0.3) is 0 Å². The van der Waals surface area contributed by atoms with E-state index >= 15 is 0 Å². The SMILES string of the molecule is Cc1c(CNCCCS(N)(=O)=O)cnn1C. The van der Waals surface area contributed by atoms with E-state index in [4.69, 9.17) is 5.14 Å². The standard InChI is InChI=1S/C9H18N4O2S/c1-8-9(7-12-13(8)2)6-11-4-3-5-16(10,14)15/h7,11H,3-6H2,1-2H3,(H2,10,14,15). The van der Waals surface area contributed by atoms with Gasteiger partial charge in [-0.25, -0.2) is 13.6 Å². The Kier molecular flexibility index (Phi) is 4.45. The van der Waals surface area contributed by atoms with Crippen molar-refractivity contribution in [2.45, 2.75) is 19.9 Å². The van der Waals surface area contributed by atoms with E-state index in [1.54, 1.807) is 4.68 Å². The highest BCUT2D eigenvalue weighted by atomic mass is 32.2. The summed E-state index contributed by atoms with van der Waals surface area (Å²) in [6.45, 7) is 3.32. The molecular formula is C9H18N4O2S. The summed E-state index contributed by atoms with van der Waals surface area (Å²) in [7, 11) is -1.44. The predicted octanol–water partition coefficient (Wildman–Crippen LogP) is -0.503. The summed E-state index contributed by atoms with van der Waals surface area (Å²) in [6.07, 6.45) is 2.33. The molecule has 0 aliphatic carbocycles. The second-order valence-electron chi connectivity index (χ2n) is 3.78. The minimum Gasteiger partial charge on any atom is -0.313 e. The molecule has 0 aromatic carbocycles. The zero-order chi connectivity index (χ0) is 12.2. The maximum absolute atomic E-state index is 10.7. The summed E-state index contributed by atoms with van der Waals surface area (Å²) < 4.78 is 23.1. The lowest BCUT2D eigenvalue weighted by Gasteiger charge is -2.03.